The predicted molar refractivity (Wildman–Crippen MR) is 113 cm³/mol. The Bertz CT molecular complexity index is 1130. The van der Waals surface area contributed by atoms with Gasteiger partial charge < -0.3 is 14.3 Å². The molecule has 2 aliphatic rings. The van der Waals surface area contributed by atoms with Crippen LogP contribution in [0, 0.1) is 0 Å². The lowest BCUT2D eigenvalue weighted by atomic mass is 10.1. The number of aromatic nitrogens is 1. The number of sulfonamides is 1. The first-order valence-electron chi connectivity index (χ1n) is 9.67. The Morgan fingerprint density at radius 2 is 2.07 bits per heavy atom. The smallest absolute Gasteiger partial charge is 0.257 e. The third-order valence-electron chi connectivity index (χ3n) is 4.98. The van der Waals surface area contributed by atoms with Crippen LogP contribution in [0.15, 0.2) is 69.2 Å². The second kappa shape index (κ2) is 8.27. The first kappa shape index (κ1) is 20.1. The number of hydrogen-bond acceptors (Lipinski definition) is 6. The molecule has 0 atom stereocenters. The second-order valence-electron chi connectivity index (χ2n) is 7.19. The van der Waals surface area contributed by atoms with Crippen LogP contribution in [0.3, 0.4) is 0 Å². The van der Waals surface area contributed by atoms with E-state index in [1.54, 1.807) is 35.2 Å². The van der Waals surface area contributed by atoms with Crippen LogP contribution in [0.2, 0.25) is 0 Å². The van der Waals surface area contributed by atoms with E-state index in [9.17, 15) is 13.2 Å². The van der Waals surface area contributed by atoms with Gasteiger partial charge in [-0.1, -0.05) is 35.5 Å². The third kappa shape index (κ3) is 4.35. The Morgan fingerprint density at radius 1 is 1.27 bits per heavy atom. The number of carbonyl (C=O) groups excluding carboxylic acids is 1. The normalized spacial score (nSPS) is 17.2. The third-order valence-corrected chi connectivity index (χ3v) is 6.13. The van der Waals surface area contributed by atoms with Crippen molar-refractivity contribution in [2.45, 2.75) is 12.8 Å². The summed E-state index contributed by atoms with van der Waals surface area (Å²) in [6.45, 7) is 0.780. The Morgan fingerprint density at radius 3 is 2.87 bits per heavy atom. The molecule has 9 heteroatoms. The van der Waals surface area contributed by atoms with Crippen LogP contribution < -0.4 is 0 Å². The van der Waals surface area contributed by atoms with Crippen molar-refractivity contribution in [2.75, 3.05) is 25.9 Å². The predicted octanol–water partition coefficient (Wildman–Crippen LogP) is 2.23. The fourth-order valence-electron chi connectivity index (χ4n) is 3.36. The molecule has 4 rings (SSSR count). The summed E-state index contributed by atoms with van der Waals surface area (Å²) in [6, 6.07) is 11.7. The van der Waals surface area contributed by atoms with Gasteiger partial charge in [0, 0.05) is 44.4 Å². The first-order valence-corrected chi connectivity index (χ1v) is 11.3. The zero-order valence-electron chi connectivity index (χ0n) is 16.6. The van der Waals surface area contributed by atoms with Gasteiger partial charge in [-0.05, 0) is 18.6 Å². The van der Waals surface area contributed by atoms with Crippen molar-refractivity contribution in [3.05, 3.63) is 66.1 Å². The van der Waals surface area contributed by atoms with E-state index in [1.807, 2.05) is 36.4 Å². The molecule has 1 amide bonds. The maximum atomic E-state index is 12.9. The molecule has 2 aromatic rings. The van der Waals surface area contributed by atoms with Crippen LogP contribution in [0.4, 0.5) is 0 Å². The molecule has 0 spiro atoms. The van der Waals surface area contributed by atoms with Crippen LogP contribution in [0.25, 0.3) is 11.3 Å². The molecule has 0 saturated carbocycles. The largest absolute Gasteiger partial charge is 0.361 e. The molecule has 0 aliphatic carbocycles. The molecule has 1 aromatic carbocycles. The van der Waals surface area contributed by atoms with E-state index in [0.717, 1.165) is 17.0 Å². The van der Waals surface area contributed by atoms with E-state index in [-0.39, 0.29) is 23.1 Å². The quantitative estimate of drug-likeness (QED) is 0.703. The van der Waals surface area contributed by atoms with E-state index in [0.29, 0.717) is 25.9 Å². The van der Waals surface area contributed by atoms with Crippen molar-refractivity contribution >= 4 is 21.8 Å². The summed E-state index contributed by atoms with van der Waals surface area (Å²) in [4.78, 5) is 16.1. The van der Waals surface area contributed by atoms with Crippen LogP contribution in [0.1, 0.15) is 12.2 Å². The van der Waals surface area contributed by atoms with E-state index < -0.39 is 10.0 Å². The molecule has 0 radical (unpaired) electrons. The van der Waals surface area contributed by atoms with Gasteiger partial charge in [0.2, 0.25) is 0 Å². The highest BCUT2D eigenvalue weighted by Crippen LogP contribution is 2.21. The lowest BCUT2D eigenvalue weighted by molar-refractivity contribution is -0.125. The Kier molecular flexibility index (Phi) is 5.54. The van der Waals surface area contributed by atoms with Crippen molar-refractivity contribution < 1.29 is 17.7 Å². The summed E-state index contributed by atoms with van der Waals surface area (Å²) < 4.78 is 33.0. The van der Waals surface area contributed by atoms with Gasteiger partial charge in [-0.2, -0.15) is 0 Å². The summed E-state index contributed by atoms with van der Waals surface area (Å²) >= 11 is 0. The van der Waals surface area contributed by atoms with Gasteiger partial charge in [-0.25, -0.2) is 8.42 Å². The second-order valence-corrected chi connectivity index (χ2v) is 8.95. The SMILES string of the molecule is CN(CCCc1cc(-c2ccccc2)no1)C(=O)C1=CC=CN2CCS(=O)(=O)N=C12. The lowest BCUT2D eigenvalue weighted by Crippen LogP contribution is -2.42. The van der Waals surface area contributed by atoms with Crippen LogP contribution in [0.5, 0.6) is 0 Å². The molecular weight excluding hydrogens is 404 g/mol. The Labute approximate surface area is 175 Å². The highest BCUT2D eigenvalue weighted by atomic mass is 32.2. The molecule has 8 nitrogen and oxygen atoms in total. The number of likely N-dealkylation sites (N-methyl/N-ethyl adjacent to an activating group) is 1. The first-order chi connectivity index (χ1) is 14.4. The average molecular weight is 426 g/mol. The van der Waals surface area contributed by atoms with Gasteiger partial charge in [0.15, 0.2) is 5.84 Å². The number of benzene rings is 1. The average Bonchev–Trinajstić information content (AvgIpc) is 3.22. The maximum absolute atomic E-state index is 12.9. The molecule has 30 heavy (non-hydrogen) atoms. The number of allylic oxidation sites excluding steroid dienone is 2. The molecule has 1 aromatic heterocycles. The molecule has 2 aliphatic heterocycles. The topological polar surface area (TPSA) is 96.1 Å². The minimum absolute atomic E-state index is 0.0553. The van der Waals surface area contributed by atoms with Crippen molar-refractivity contribution in [1.82, 2.24) is 15.0 Å². The molecule has 3 heterocycles. The summed E-state index contributed by atoms with van der Waals surface area (Å²) in [5.74, 6) is 0.634. The molecule has 0 fully saturated rings. The van der Waals surface area contributed by atoms with Gasteiger partial charge in [0.25, 0.3) is 15.9 Å². The molecule has 0 unspecified atom stereocenters. The van der Waals surface area contributed by atoms with Gasteiger partial charge in [-0.15, -0.1) is 4.40 Å². The van der Waals surface area contributed by atoms with E-state index in [4.69, 9.17) is 4.52 Å². The molecule has 0 bridgehead atoms. The van der Waals surface area contributed by atoms with Gasteiger partial charge in [0.05, 0.1) is 11.3 Å². The zero-order chi connectivity index (χ0) is 21.1. The Balaban J connectivity index is 1.36. The van der Waals surface area contributed by atoms with Crippen LogP contribution >= 0.6 is 0 Å². The molecule has 156 valence electrons. The van der Waals surface area contributed by atoms with Gasteiger partial charge >= 0.3 is 0 Å². The number of rotatable bonds is 6. The zero-order valence-corrected chi connectivity index (χ0v) is 17.4. The molecule has 0 saturated heterocycles. The minimum atomic E-state index is -3.54. The number of amidine groups is 1. The number of amides is 1. The molecular formula is C21H22N4O4S. The summed E-state index contributed by atoms with van der Waals surface area (Å²) in [6.07, 6.45) is 6.40. The van der Waals surface area contributed by atoms with Crippen molar-refractivity contribution in [3.63, 3.8) is 0 Å². The fraction of sp³-hybridized carbons (Fsp3) is 0.286. The van der Waals surface area contributed by atoms with Crippen LogP contribution in [-0.2, 0) is 21.2 Å². The maximum Gasteiger partial charge on any atom is 0.257 e. The number of carbonyl (C=O) groups is 1. The highest BCUT2D eigenvalue weighted by Gasteiger charge is 2.31. The summed E-state index contributed by atoms with van der Waals surface area (Å²) in [7, 11) is -1.84. The monoisotopic (exact) mass is 426 g/mol. The summed E-state index contributed by atoms with van der Waals surface area (Å²) in [5, 5.41) is 4.10. The highest BCUT2D eigenvalue weighted by molar-refractivity contribution is 7.90. The van der Waals surface area contributed by atoms with Crippen molar-refractivity contribution in [3.8, 4) is 11.3 Å². The Hall–Kier alpha value is -3.20. The van der Waals surface area contributed by atoms with E-state index in [2.05, 4.69) is 9.55 Å². The van der Waals surface area contributed by atoms with Gasteiger partial charge in [0.1, 0.15) is 11.5 Å². The molecule has 0 N–H and O–H groups in total. The number of aryl methyl sites for hydroxylation is 1. The lowest BCUT2D eigenvalue weighted by Gasteiger charge is -2.30. The number of hydrogen-bond donors (Lipinski definition) is 0. The number of nitrogens with zero attached hydrogens (tertiary/aromatic N) is 4. The van der Waals surface area contributed by atoms with Crippen molar-refractivity contribution in [1.29, 1.82) is 0 Å². The standard InChI is InChI=1S/C21H22N4O4S/c1-24(11-5-9-17-15-19(22-29-17)16-7-3-2-4-8-16)21(26)18-10-6-12-25-13-14-30(27,28)23-20(18)25/h2-4,6-8,10,12,15H,5,9,11,13-14H2,1H3. The van der Waals surface area contributed by atoms with Crippen molar-refractivity contribution in [2.24, 2.45) is 4.40 Å². The van der Waals surface area contributed by atoms with E-state index >= 15 is 0 Å². The van der Waals surface area contributed by atoms with E-state index in [1.165, 1.54) is 0 Å². The van der Waals surface area contributed by atoms with Crippen LogP contribution in [-0.4, -0.2) is 61.0 Å². The minimum Gasteiger partial charge on any atom is -0.361 e. The number of fused-ring (bicyclic) bond motifs is 1. The van der Waals surface area contributed by atoms with Gasteiger partial charge in [-0.3, -0.25) is 4.79 Å². The fourth-order valence-corrected chi connectivity index (χ4v) is 4.34. The summed E-state index contributed by atoms with van der Waals surface area (Å²) in [5.41, 5.74) is 2.06.